The van der Waals surface area contributed by atoms with Gasteiger partial charge < -0.3 is 10.3 Å². The summed E-state index contributed by atoms with van der Waals surface area (Å²) in [6.45, 7) is 2.70. The first-order chi connectivity index (χ1) is 16.2. The number of amides is 1. The number of unbranched alkanes of at least 4 members (excludes halogenated alkanes) is 1. The number of H-pyrrole nitrogens is 1. The number of hydrogen-bond acceptors (Lipinski definition) is 4. The number of nitrogens with zero attached hydrogens (tertiary/aromatic N) is 3. The number of carbonyl (C=O) groups is 2. The van der Waals surface area contributed by atoms with Gasteiger partial charge in [-0.25, -0.2) is 9.78 Å². The normalized spacial score (nSPS) is 11.2. The number of hydrogen-bond donors (Lipinski definition) is 2. The van der Waals surface area contributed by atoms with Crippen LogP contribution in [0.1, 0.15) is 35.7 Å². The van der Waals surface area contributed by atoms with Crippen molar-refractivity contribution in [2.75, 3.05) is 6.54 Å². The fourth-order valence-corrected chi connectivity index (χ4v) is 3.92. The van der Waals surface area contributed by atoms with Crippen LogP contribution in [0.2, 0.25) is 0 Å². The van der Waals surface area contributed by atoms with Crippen LogP contribution in [0.25, 0.3) is 33.2 Å². The summed E-state index contributed by atoms with van der Waals surface area (Å²) in [5.41, 5.74) is 4.00. The summed E-state index contributed by atoms with van der Waals surface area (Å²) >= 11 is 0. The molecule has 0 aliphatic carbocycles. The smallest absolute Gasteiger partial charge is 0.326 e. The number of aromatic nitrogens is 4. The predicted molar refractivity (Wildman–Crippen MR) is 128 cm³/mol. The first-order valence-electron chi connectivity index (χ1n) is 11.0. The van der Waals surface area contributed by atoms with Gasteiger partial charge in [0.05, 0.1) is 11.2 Å². The fourth-order valence-electron chi connectivity index (χ4n) is 3.92. The van der Waals surface area contributed by atoms with Crippen molar-refractivity contribution in [1.29, 1.82) is 0 Å². The second-order valence-corrected chi connectivity index (χ2v) is 7.91. The minimum atomic E-state index is -0.195. The molecule has 7 nitrogen and oxygen atoms in total. The summed E-state index contributed by atoms with van der Waals surface area (Å²) in [6, 6.07) is 14.7. The van der Waals surface area contributed by atoms with Gasteiger partial charge in [0.25, 0.3) is 0 Å². The molecule has 0 atom stereocenters. The lowest BCUT2D eigenvalue weighted by molar-refractivity contribution is 0.104. The van der Waals surface area contributed by atoms with Crippen LogP contribution in [0, 0.1) is 0 Å². The van der Waals surface area contributed by atoms with E-state index in [0.717, 1.165) is 34.9 Å². The molecule has 2 N–H and O–H groups in total. The number of pyridine rings is 2. The SMILES string of the molecule is CCCCNC(=O)n1ccc2ccc(C(=O)c3c[nH]c4ncc(-c5ccccn5)cc34)cc21. The standard InChI is InChI=1S/C26H23N5O2/c1-2-3-10-28-26(33)31-12-9-17-7-8-18(14-23(17)31)24(32)21-16-30-25-20(21)13-19(15-29-25)22-6-4-5-11-27-22/h4-9,11-16H,2-3,10H2,1H3,(H,28,33)(H,29,30). The van der Waals surface area contributed by atoms with Crippen LogP contribution in [-0.4, -0.2) is 37.9 Å². The van der Waals surface area contributed by atoms with Crippen LogP contribution in [0.4, 0.5) is 4.79 Å². The summed E-state index contributed by atoms with van der Waals surface area (Å²) < 4.78 is 1.55. The van der Waals surface area contributed by atoms with Crippen LogP contribution in [0.3, 0.4) is 0 Å². The molecule has 0 saturated carbocycles. The lowest BCUT2D eigenvalue weighted by atomic mass is 10.0. The Bertz CT molecular complexity index is 1470. The maximum absolute atomic E-state index is 13.5. The van der Waals surface area contributed by atoms with E-state index in [-0.39, 0.29) is 11.8 Å². The van der Waals surface area contributed by atoms with Crippen molar-refractivity contribution in [2.45, 2.75) is 19.8 Å². The Hall–Kier alpha value is -4.26. The predicted octanol–water partition coefficient (Wildman–Crippen LogP) is 5.17. The molecule has 0 radical (unpaired) electrons. The van der Waals surface area contributed by atoms with Crippen LogP contribution in [0.15, 0.2) is 73.3 Å². The zero-order valence-corrected chi connectivity index (χ0v) is 18.2. The van der Waals surface area contributed by atoms with E-state index in [1.807, 2.05) is 36.4 Å². The first kappa shape index (κ1) is 20.6. The molecule has 0 bridgehead atoms. The molecule has 1 aromatic carbocycles. The van der Waals surface area contributed by atoms with Crippen molar-refractivity contribution in [2.24, 2.45) is 0 Å². The maximum atomic E-state index is 13.5. The van der Waals surface area contributed by atoms with Crippen molar-refractivity contribution >= 4 is 33.8 Å². The molecule has 7 heteroatoms. The molecule has 0 aliphatic rings. The van der Waals surface area contributed by atoms with E-state index in [0.29, 0.717) is 28.8 Å². The number of ketones is 1. The summed E-state index contributed by atoms with van der Waals surface area (Å²) in [7, 11) is 0. The highest BCUT2D eigenvalue weighted by Gasteiger charge is 2.18. The lowest BCUT2D eigenvalue weighted by Crippen LogP contribution is -2.28. The van der Waals surface area contributed by atoms with Gasteiger partial charge in [-0.05, 0) is 36.8 Å². The highest BCUT2D eigenvalue weighted by molar-refractivity contribution is 6.17. The molecule has 33 heavy (non-hydrogen) atoms. The van der Waals surface area contributed by atoms with Gasteiger partial charge >= 0.3 is 6.03 Å². The van der Waals surface area contributed by atoms with Crippen molar-refractivity contribution in [3.05, 3.63) is 84.4 Å². The fraction of sp³-hybridized carbons (Fsp3) is 0.154. The van der Waals surface area contributed by atoms with E-state index in [1.54, 1.807) is 41.5 Å². The van der Waals surface area contributed by atoms with Gasteiger partial charge in [0.2, 0.25) is 0 Å². The number of aromatic amines is 1. The average molecular weight is 438 g/mol. The van der Waals surface area contributed by atoms with Crippen LogP contribution >= 0.6 is 0 Å². The van der Waals surface area contributed by atoms with Crippen LogP contribution < -0.4 is 5.32 Å². The summed E-state index contributed by atoms with van der Waals surface area (Å²) in [6.07, 6.45) is 8.81. The molecule has 0 fully saturated rings. The van der Waals surface area contributed by atoms with Crippen LogP contribution in [-0.2, 0) is 0 Å². The minimum Gasteiger partial charge on any atom is -0.345 e. The Morgan fingerprint density at radius 2 is 2.00 bits per heavy atom. The number of rotatable bonds is 6. The number of carbonyl (C=O) groups excluding carboxylic acids is 2. The van der Waals surface area contributed by atoms with Gasteiger partial charge in [-0.3, -0.25) is 14.3 Å². The third-order valence-corrected chi connectivity index (χ3v) is 5.72. The van der Waals surface area contributed by atoms with Gasteiger partial charge in [0.1, 0.15) is 5.65 Å². The second kappa shape index (κ2) is 8.70. The van der Waals surface area contributed by atoms with Crippen molar-refractivity contribution in [1.82, 2.24) is 24.8 Å². The van der Waals surface area contributed by atoms with Crippen LogP contribution in [0.5, 0.6) is 0 Å². The largest absolute Gasteiger partial charge is 0.345 e. The first-order valence-corrected chi connectivity index (χ1v) is 11.0. The second-order valence-electron chi connectivity index (χ2n) is 7.91. The molecule has 1 amide bonds. The Labute approximate surface area is 190 Å². The molecule has 0 spiro atoms. The van der Waals surface area contributed by atoms with Crippen molar-refractivity contribution in [3.8, 4) is 11.3 Å². The number of fused-ring (bicyclic) bond motifs is 2. The van der Waals surface area contributed by atoms with Gasteiger partial charge in [-0.2, -0.15) is 0 Å². The van der Waals surface area contributed by atoms with E-state index in [1.165, 1.54) is 0 Å². The summed E-state index contributed by atoms with van der Waals surface area (Å²) in [5.74, 6) is -0.137. The van der Waals surface area contributed by atoms with Gasteiger partial charge in [-0.1, -0.05) is 31.5 Å². The lowest BCUT2D eigenvalue weighted by Gasteiger charge is -2.07. The molecule has 164 valence electrons. The van der Waals surface area contributed by atoms with Crippen molar-refractivity contribution in [3.63, 3.8) is 0 Å². The summed E-state index contributed by atoms with van der Waals surface area (Å²) in [4.78, 5) is 38.0. The zero-order valence-electron chi connectivity index (χ0n) is 18.2. The number of nitrogens with one attached hydrogen (secondary N) is 2. The van der Waals surface area contributed by atoms with Gasteiger partial charge in [0.15, 0.2) is 5.78 Å². The highest BCUT2D eigenvalue weighted by Crippen LogP contribution is 2.26. The summed E-state index contributed by atoms with van der Waals surface area (Å²) in [5, 5.41) is 4.55. The molecule has 5 aromatic rings. The van der Waals surface area contributed by atoms with E-state index in [9.17, 15) is 9.59 Å². The molecule has 0 saturated heterocycles. The van der Waals surface area contributed by atoms with E-state index >= 15 is 0 Å². The van der Waals surface area contributed by atoms with E-state index < -0.39 is 0 Å². The van der Waals surface area contributed by atoms with Crippen molar-refractivity contribution < 1.29 is 9.59 Å². The molecule has 0 unspecified atom stereocenters. The Balaban J connectivity index is 1.51. The third kappa shape index (κ3) is 3.89. The Kier molecular flexibility index (Phi) is 5.44. The maximum Gasteiger partial charge on any atom is 0.326 e. The highest BCUT2D eigenvalue weighted by atomic mass is 16.2. The Morgan fingerprint density at radius 3 is 2.82 bits per heavy atom. The molecule has 0 aliphatic heterocycles. The van der Waals surface area contributed by atoms with Gasteiger partial charge in [-0.15, -0.1) is 0 Å². The van der Waals surface area contributed by atoms with E-state index in [4.69, 9.17) is 0 Å². The van der Waals surface area contributed by atoms with E-state index in [2.05, 4.69) is 27.2 Å². The monoisotopic (exact) mass is 437 g/mol. The van der Waals surface area contributed by atoms with Gasteiger partial charge in [0, 0.05) is 58.8 Å². The molecular weight excluding hydrogens is 414 g/mol. The Morgan fingerprint density at radius 1 is 1.09 bits per heavy atom. The quantitative estimate of drug-likeness (QED) is 0.283. The third-order valence-electron chi connectivity index (χ3n) is 5.72. The topological polar surface area (TPSA) is 92.7 Å². The average Bonchev–Trinajstić information content (AvgIpc) is 3.47. The number of benzene rings is 1. The minimum absolute atomic E-state index is 0.137. The zero-order chi connectivity index (χ0) is 22.8. The molecule has 5 rings (SSSR count). The molecule has 4 aromatic heterocycles. The molecule has 4 heterocycles. The molecular formula is C26H23N5O2.